The summed E-state index contributed by atoms with van der Waals surface area (Å²) in [6.07, 6.45) is 0.999. The van der Waals surface area contributed by atoms with E-state index in [9.17, 15) is 13.6 Å². The summed E-state index contributed by atoms with van der Waals surface area (Å²) in [6, 6.07) is 3.04. The Morgan fingerprint density at radius 3 is 2.62 bits per heavy atom. The zero-order chi connectivity index (χ0) is 11.7. The molecule has 16 heavy (non-hydrogen) atoms. The van der Waals surface area contributed by atoms with Crippen LogP contribution >= 0.6 is 0 Å². The highest BCUT2D eigenvalue weighted by Crippen LogP contribution is 2.21. The van der Waals surface area contributed by atoms with Crippen LogP contribution in [-0.2, 0) is 0 Å². The van der Waals surface area contributed by atoms with Gasteiger partial charge in [0.05, 0.1) is 6.20 Å². The number of aromatic carboxylic acids is 1. The van der Waals surface area contributed by atoms with E-state index in [1.54, 1.807) is 0 Å². The van der Waals surface area contributed by atoms with E-state index < -0.39 is 17.6 Å². The molecule has 4 nitrogen and oxygen atoms in total. The van der Waals surface area contributed by atoms with E-state index in [4.69, 9.17) is 9.52 Å². The summed E-state index contributed by atoms with van der Waals surface area (Å²) in [5.41, 5.74) is 0.173. The first-order chi connectivity index (χ1) is 7.58. The fraction of sp³-hybridized carbons (Fsp3) is 0. The van der Waals surface area contributed by atoms with E-state index >= 15 is 0 Å². The number of rotatable bonds is 2. The lowest BCUT2D eigenvalue weighted by Crippen LogP contribution is -1.91. The molecule has 0 atom stereocenters. The molecule has 0 aliphatic carbocycles. The Kier molecular flexibility index (Phi) is 2.40. The minimum atomic E-state index is -1.28. The predicted octanol–water partition coefficient (Wildman–Crippen LogP) is 2.32. The fourth-order valence-electron chi connectivity index (χ4n) is 1.14. The summed E-state index contributed by atoms with van der Waals surface area (Å²) >= 11 is 0. The first-order valence-electron chi connectivity index (χ1n) is 4.22. The summed E-state index contributed by atoms with van der Waals surface area (Å²) in [4.78, 5) is 14.1. The van der Waals surface area contributed by atoms with Gasteiger partial charge in [0.25, 0.3) is 0 Å². The third-order valence-corrected chi connectivity index (χ3v) is 1.88. The van der Waals surface area contributed by atoms with Crippen molar-refractivity contribution in [1.29, 1.82) is 0 Å². The van der Waals surface area contributed by atoms with Crippen molar-refractivity contribution in [1.82, 2.24) is 4.98 Å². The molecule has 0 radical (unpaired) electrons. The molecule has 0 unspecified atom stereocenters. The molecule has 0 saturated carbocycles. The Labute approximate surface area is 88.2 Å². The largest absolute Gasteiger partial charge is 0.475 e. The average Bonchev–Trinajstić information content (AvgIpc) is 2.71. The molecule has 2 rings (SSSR count). The van der Waals surface area contributed by atoms with Crippen LogP contribution in [0.2, 0.25) is 0 Å². The van der Waals surface area contributed by atoms with E-state index in [0.29, 0.717) is 0 Å². The lowest BCUT2D eigenvalue weighted by Gasteiger charge is -1.96. The number of carbonyl (C=O) groups is 1. The van der Waals surface area contributed by atoms with Crippen LogP contribution < -0.4 is 0 Å². The highest BCUT2D eigenvalue weighted by atomic mass is 19.2. The first kappa shape index (κ1) is 10.3. The summed E-state index contributed by atoms with van der Waals surface area (Å²) in [7, 11) is 0. The molecule has 0 fully saturated rings. The van der Waals surface area contributed by atoms with Crippen molar-refractivity contribution in [3.63, 3.8) is 0 Å². The van der Waals surface area contributed by atoms with Crippen LogP contribution in [0.1, 0.15) is 10.6 Å². The zero-order valence-electron chi connectivity index (χ0n) is 7.78. The number of carboxylic acids is 1. The third-order valence-electron chi connectivity index (χ3n) is 1.88. The van der Waals surface area contributed by atoms with Crippen molar-refractivity contribution in [3.8, 4) is 11.5 Å². The normalized spacial score (nSPS) is 10.4. The topological polar surface area (TPSA) is 63.3 Å². The molecular formula is C10H5F2NO3. The van der Waals surface area contributed by atoms with Gasteiger partial charge in [-0.05, 0) is 18.2 Å². The highest BCUT2D eigenvalue weighted by molar-refractivity contribution is 5.84. The van der Waals surface area contributed by atoms with Crippen molar-refractivity contribution in [2.24, 2.45) is 0 Å². The lowest BCUT2D eigenvalue weighted by atomic mass is 10.2. The van der Waals surface area contributed by atoms with E-state index in [0.717, 1.165) is 18.3 Å². The third kappa shape index (κ3) is 1.77. The number of halogens is 2. The Bertz CT molecular complexity index is 551. The molecule has 1 aromatic heterocycles. The van der Waals surface area contributed by atoms with E-state index in [-0.39, 0.29) is 17.2 Å². The van der Waals surface area contributed by atoms with Gasteiger partial charge in [-0.1, -0.05) is 0 Å². The summed E-state index contributed by atoms with van der Waals surface area (Å²) in [6.45, 7) is 0. The molecule has 0 aliphatic heterocycles. The Morgan fingerprint density at radius 2 is 2.06 bits per heavy atom. The minimum Gasteiger partial charge on any atom is -0.475 e. The first-order valence-corrected chi connectivity index (χ1v) is 4.22. The summed E-state index contributed by atoms with van der Waals surface area (Å²) in [5, 5.41) is 8.58. The molecule has 6 heteroatoms. The van der Waals surface area contributed by atoms with Gasteiger partial charge in [-0.2, -0.15) is 0 Å². The van der Waals surface area contributed by atoms with Gasteiger partial charge >= 0.3 is 5.97 Å². The van der Waals surface area contributed by atoms with E-state index in [1.165, 1.54) is 6.07 Å². The van der Waals surface area contributed by atoms with Gasteiger partial charge in [-0.3, -0.25) is 0 Å². The van der Waals surface area contributed by atoms with Crippen LogP contribution in [0.4, 0.5) is 8.78 Å². The maximum absolute atomic E-state index is 12.9. The Hall–Kier alpha value is -2.24. The summed E-state index contributed by atoms with van der Waals surface area (Å²) < 4.78 is 30.3. The Balaban J connectivity index is 2.42. The number of oxazole rings is 1. The molecule has 2 aromatic rings. The monoisotopic (exact) mass is 225 g/mol. The lowest BCUT2D eigenvalue weighted by molar-refractivity contribution is 0.0663. The van der Waals surface area contributed by atoms with Crippen LogP contribution in [0.15, 0.2) is 28.8 Å². The number of hydrogen-bond acceptors (Lipinski definition) is 3. The van der Waals surface area contributed by atoms with Gasteiger partial charge in [-0.25, -0.2) is 18.6 Å². The molecule has 1 aromatic carbocycles. The fourth-order valence-corrected chi connectivity index (χ4v) is 1.14. The number of carboxylic acid groups (broad SMARTS) is 1. The number of benzene rings is 1. The quantitative estimate of drug-likeness (QED) is 0.851. The standard InChI is InChI=1S/C10H5F2NO3/c11-6-2-1-5(3-7(6)12)9-13-4-8(16-9)10(14)15/h1-4H,(H,14,15). The van der Waals surface area contributed by atoms with Crippen molar-refractivity contribution in [2.45, 2.75) is 0 Å². The number of aromatic nitrogens is 1. The van der Waals surface area contributed by atoms with Crippen LogP contribution in [0.5, 0.6) is 0 Å². The van der Waals surface area contributed by atoms with Crippen molar-refractivity contribution >= 4 is 5.97 Å². The van der Waals surface area contributed by atoms with E-state index in [2.05, 4.69) is 4.98 Å². The maximum atomic E-state index is 12.9. The van der Waals surface area contributed by atoms with E-state index in [1.807, 2.05) is 0 Å². The van der Waals surface area contributed by atoms with Crippen LogP contribution in [-0.4, -0.2) is 16.1 Å². The molecule has 1 heterocycles. The Morgan fingerprint density at radius 1 is 1.31 bits per heavy atom. The number of hydrogen-bond donors (Lipinski definition) is 1. The van der Waals surface area contributed by atoms with Gasteiger partial charge in [0.2, 0.25) is 11.7 Å². The van der Waals surface area contributed by atoms with Gasteiger partial charge < -0.3 is 9.52 Å². The van der Waals surface area contributed by atoms with Crippen molar-refractivity contribution in [2.75, 3.05) is 0 Å². The maximum Gasteiger partial charge on any atom is 0.373 e. The van der Waals surface area contributed by atoms with Gasteiger partial charge in [0.1, 0.15) is 0 Å². The second-order valence-electron chi connectivity index (χ2n) is 2.96. The molecule has 0 spiro atoms. The van der Waals surface area contributed by atoms with Gasteiger partial charge in [0.15, 0.2) is 11.6 Å². The van der Waals surface area contributed by atoms with Crippen LogP contribution in [0, 0.1) is 11.6 Å². The molecular weight excluding hydrogens is 220 g/mol. The molecule has 0 aliphatic rings. The summed E-state index contributed by atoms with van der Waals surface area (Å²) in [5.74, 6) is -3.75. The molecule has 82 valence electrons. The van der Waals surface area contributed by atoms with Crippen molar-refractivity contribution < 1.29 is 23.1 Å². The zero-order valence-corrected chi connectivity index (χ0v) is 7.78. The van der Waals surface area contributed by atoms with Gasteiger partial charge in [0, 0.05) is 5.56 Å². The molecule has 0 bridgehead atoms. The second-order valence-corrected chi connectivity index (χ2v) is 2.96. The van der Waals surface area contributed by atoms with Crippen molar-refractivity contribution in [3.05, 3.63) is 41.8 Å². The molecule has 0 amide bonds. The average molecular weight is 225 g/mol. The molecule has 0 saturated heterocycles. The molecule has 1 N–H and O–H groups in total. The SMILES string of the molecule is O=C(O)c1cnc(-c2ccc(F)c(F)c2)o1. The van der Waals surface area contributed by atoms with Crippen LogP contribution in [0.3, 0.4) is 0 Å². The number of nitrogens with zero attached hydrogens (tertiary/aromatic N) is 1. The second kappa shape index (κ2) is 3.73. The predicted molar refractivity (Wildman–Crippen MR) is 48.8 cm³/mol. The minimum absolute atomic E-state index is 0.0729. The smallest absolute Gasteiger partial charge is 0.373 e. The van der Waals surface area contributed by atoms with Crippen LogP contribution in [0.25, 0.3) is 11.5 Å². The highest BCUT2D eigenvalue weighted by Gasteiger charge is 2.13. The van der Waals surface area contributed by atoms with Gasteiger partial charge in [-0.15, -0.1) is 0 Å².